The van der Waals surface area contributed by atoms with Crippen LogP contribution in [0.25, 0.3) is 0 Å². The lowest BCUT2D eigenvalue weighted by Gasteiger charge is -2.13. The van der Waals surface area contributed by atoms with E-state index in [1.807, 2.05) is 12.1 Å². The lowest BCUT2D eigenvalue weighted by molar-refractivity contribution is 0.927. The highest BCUT2D eigenvalue weighted by molar-refractivity contribution is 5.85. The van der Waals surface area contributed by atoms with Crippen LogP contribution >= 0.6 is 0 Å². The summed E-state index contributed by atoms with van der Waals surface area (Å²) < 4.78 is 0. The molecule has 0 fully saturated rings. The van der Waals surface area contributed by atoms with Gasteiger partial charge in [-0.15, -0.1) is 5.10 Å². The first kappa shape index (κ1) is 9.21. The van der Waals surface area contributed by atoms with Crippen LogP contribution in [0, 0.1) is 5.41 Å². The Balaban J connectivity index is 3.05. The third-order valence-corrected chi connectivity index (χ3v) is 1.53. The van der Waals surface area contributed by atoms with E-state index < -0.39 is 0 Å². The number of hydrazone groups is 1. The number of nitrogens with zero attached hydrogens (tertiary/aromatic N) is 2. The number of benzene rings is 1. The number of para-hydroxylation sites is 1. The summed E-state index contributed by atoms with van der Waals surface area (Å²) in [5.74, 6) is 5.53. The molecule has 0 aliphatic heterocycles. The van der Waals surface area contributed by atoms with Crippen molar-refractivity contribution in [3.05, 3.63) is 29.8 Å². The molecule has 0 radical (unpaired) electrons. The molecule has 5 nitrogen and oxygen atoms in total. The standard InChI is InChI=1S/C8H11N5/c9-5-7-3-1-2-4-8(7)13(11)12-6-10/h1-6,9H,11H2,(H2,10,12). The Morgan fingerprint density at radius 2 is 2.08 bits per heavy atom. The summed E-state index contributed by atoms with van der Waals surface area (Å²) in [6, 6.07) is 7.17. The number of hydrazine groups is 1. The number of rotatable bonds is 3. The molecule has 1 aromatic rings. The SMILES string of the molecule is N=Cc1ccccc1N(N)/N=C\N. The molecule has 0 atom stereocenters. The molecule has 1 aromatic carbocycles. The topological polar surface area (TPSA) is 91.5 Å². The van der Waals surface area contributed by atoms with Gasteiger partial charge >= 0.3 is 0 Å². The maximum absolute atomic E-state index is 7.12. The quantitative estimate of drug-likeness (QED) is 0.268. The molecule has 0 amide bonds. The minimum Gasteiger partial charge on any atom is -0.388 e. The normalized spacial score (nSPS) is 10.2. The Labute approximate surface area is 76.1 Å². The molecule has 0 saturated heterocycles. The summed E-state index contributed by atoms with van der Waals surface area (Å²) in [5, 5.41) is 11.9. The summed E-state index contributed by atoms with van der Waals surface area (Å²) in [6.45, 7) is 0. The third-order valence-electron chi connectivity index (χ3n) is 1.53. The monoisotopic (exact) mass is 177 g/mol. The Morgan fingerprint density at radius 1 is 1.38 bits per heavy atom. The van der Waals surface area contributed by atoms with E-state index in [2.05, 4.69) is 5.10 Å². The molecule has 0 aromatic heterocycles. The summed E-state index contributed by atoms with van der Waals surface area (Å²) in [6.07, 6.45) is 2.31. The largest absolute Gasteiger partial charge is 0.388 e. The predicted molar refractivity (Wildman–Crippen MR) is 53.7 cm³/mol. The van der Waals surface area contributed by atoms with Crippen LogP contribution in [0.3, 0.4) is 0 Å². The highest BCUT2D eigenvalue weighted by Crippen LogP contribution is 2.15. The maximum atomic E-state index is 7.12. The van der Waals surface area contributed by atoms with Crippen molar-refractivity contribution in [2.24, 2.45) is 16.7 Å². The molecule has 13 heavy (non-hydrogen) atoms. The number of hydrogen-bond acceptors (Lipinski definition) is 4. The number of anilines is 1. The zero-order valence-electron chi connectivity index (χ0n) is 7.01. The lowest BCUT2D eigenvalue weighted by atomic mass is 10.2. The lowest BCUT2D eigenvalue weighted by Crippen LogP contribution is -2.26. The zero-order chi connectivity index (χ0) is 9.68. The molecule has 0 bridgehead atoms. The van der Waals surface area contributed by atoms with Gasteiger partial charge in [0.2, 0.25) is 0 Å². The molecule has 5 heteroatoms. The fourth-order valence-electron chi connectivity index (χ4n) is 0.952. The third kappa shape index (κ3) is 2.03. The van der Waals surface area contributed by atoms with Gasteiger partial charge in [-0.25, -0.2) is 5.84 Å². The van der Waals surface area contributed by atoms with E-state index in [1.165, 1.54) is 6.21 Å². The summed E-state index contributed by atoms with van der Waals surface area (Å²) in [5.41, 5.74) is 6.42. The van der Waals surface area contributed by atoms with Crippen LogP contribution in [-0.4, -0.2) is 12.6 Å². The Kier molecular flexibility index (Phi) is 2.99. The summed E-state index contributed by atoms with van der Waals surface area (Å²) >= 11 is 0. The first-order valence-electron chi connectivity index (χ1n) is 3.68. The molecule has 0 heterocycles. The van der Waals surface area contributed by atoms with Crippen LogP contribution in [-0.2, 0) is 0 Å². The molecule has 0 spiro atoms. The fourth-order valence-corrected chi connectivity index (χ4v) is 0.952. The van der Waals surface area contributed by atoms with Gasteiger partial charge < -0.3 is 11.1 Å². The van der Waals surface area contributed by atoms with Crippen molar-refractivity contribution < 1.29 is 0 Å². The van der Waals surface area contributed by atoms with Gasteiger partial charge in [0.15, 0.2) is 0 Å². The van der Waals surface area contributed by atoms with Crippen molar-refractivity contribution in [3.63, 3.8) is 0 Å². The molecule has 0 saturated carbocycles. The maximum Gasteiger partial charge on any atom is 0.108 e. The smallest absolute Gasteiger partial charge is 0.108 e. The van der Waals surface area contributed by atoms with Crippen LogP contribution in [0.2, 0.25) is 0 Å². The van der Waals surface area contributed by atoms with Gasteiger partial charge in [-0.05, 0) is 6.07 Å². The van der Waals surface area contributed by atoms with Crippen molar-refractivity contribution in [2.45, 2.75) is 0 Å². The van der Waals surface area contributed by atoms with Crippen LogP contribution in [0.1, 0.15) is 5.56 Å². The van der Waals surface area contributed by atoms with Crippen molar-refractivity contribution in [2.75, 3.05) is 5.12 Å². The molecular weight excluding hydrogens is 166 g/mol. The van der Waals surface area contributed by atoms with Gasteiger partial charge in [0.1, 0.15) is 6.34 Å². The second kappa shape index (κ2) is 4.22. The Hall–Kier alpha value is -1.88. The summed E-state index contributed by atoms with van der Waals surface area (Å²) in [7, 11) is 0. The minimum absolute atomic E-state index is 0.638. The van der Waals surface area contributed by atoms with Gasteiger partial charge in [0, 0.05) is 11.8 Å². The first-order chi connectivity index (χ1) is 6.29. The van der Waals surface area contributed by atoms with E-state index in [0.717, 1.165) is 11.5 Å². The predicted octanol–water partition coefficient (Wildman–Crippen LogP) is 0.266. The highest BCUT2D eigenvalue weighted by Gasteiger charge is 2.02. The van der Waals surface area contributed by atoms with Crippen molar-refractivity contribution >= 4 is 18.2 Å². The number of nitrogens with two attached hydrogens (primary N) is 2. The van der Waals surface area contributed by atoms with E-state index in [1.54, 1.807) is 12.1 Å². The van der Waals surface area contributed by atoms with Crippen LogP contribution in [0.15, 0.2) is 29.4 Å². The number of hydrogen-bond donors (Lipinski definition) is 3. The van der Waals surface area contributed by atoms with Gasteiger partial charge in [-0.2, -0.15) is 5.12 Å². The zero-order valence-corrected chi connectivity index (χ0v) is 7.01. The van der Waals surface area contributed by atoms with E-state index in [9.17, 15) is 0 Å². The molecule has 1 rings (SSSR count). The Morgan fingerprint density at radius 3 is 2.69 bits per heavy atom. The van der Waals surface area contributed by atoms with Gasteiger partial charge in [0.05, 0.1) is 5.69 Å². The minimum atomic E-state index is 0.638. The van der Waals surface area contributed by atoms with E-state index in [-0.39, 0.29) is 0 Å². The van der Waals surface area contributed by atoms with Crippen LogP contribution < -0.4 is 16.7 Å². The van der Waals surface area contributed by atoms with Gasteiger partial charge in [-0.3, -0.25) is 0 Å². The number of nitrogens with one attached hydrogen (secondary N) is 1. The molecule has 0 unspecified atom stereocenters. The molecule has 0 aliphatic carbocycles. The molecule has 5 N–H and O–H groups in total. The molecule has 68 valence electrons. The van der Waals surface area contributed by atoms with Crippen molar-refractivity contribution in [3.8, 4) is 0 Å². The van der Waals surface area contributed by atoms with Gasteiger partial charge in [-0.1, -0.05) is 18.2 Å². The van der Waals surface area contributed by atoms with Crippen molar-refractivity contribution in [1.82, 2.24) is 0 Å². The van der Waals surface area contributed by atoms with E-state index >= 15 is 0 Å². The molecular formula is C8H11N5. The average molecular weight is 177 g/mol. The second-order valence-corrected chi connectivity index (χ2v) is 2.31. The molecule has 0 aliphatic rings. The first-order valence-corrected chi connectivity index (χ1v) is 3.68. The van der Waals surface area contributed by atoms with Crippen LogP contribution in [0.5, 0.6) is 0 Å². The second-order valence-electron chi connectivity index (χ2n) is 2.31. The van der Waals surface area contributed by atoms with Gasteiger partial charge in [0.25, 0.3) is 0 Å². The van der Waals surface area contributed by atoms with E-state index in [4.69, 9.17) is 17.0 Å². The van der Waals surface area contributed by atoms with Crippen molar-refractivity contribution in [1.29, 1.82) is 5.41 Å². The highest BCUT2D eigenvalue weighted by atomic mass is 15.6. The van der Waals surface area contributed by atoms with Crippen LogP contribution in [0.4, 0.5) is 5.69 Å². The Bertz CT molecular complexity index is 320. The fraction of sp³-hybridized carbons (Fsp3) is 0. The average Bonchev–Trinajstić information content (AvgIpc) is 2.18. The summed E-state index contributed by atoms with van der Waals surface area (Å²) in [4.78, 5) is 0. The van der Waals surface area contributed by atoms with E-state index in [0.29, 0.717) is 11.3 Å².